The number of thiazole rings is 1. The van der Waals surface area contributed by atoms with E-state index >= 15 is 0 Å². The molecule has 1 heterocycles. The summed E-state index contributed by atoms with van der Waals surface area (Å²) in [7, 11) is 3.12. The van der Waals surface area contributed by atoms with E-state index in [-0.39, 0.29) is 5.91 Å². The van der Waals surface area contributed by atoms with Crippen LogP contribution in [0, 0.1) is 6.92 Å². The van der Waals surface area contributed by atoms with Crippen LogP contribution in [0.3, 0.4) is 0 Å². The van der Waals surface area contributed by atoms with Crippen LogP contribution >= 0.6 is 11.3 Å². The van der Waals surface area contributed by atoms with Crippen molar-refractivity contribution in [2.75, 3.05) is 19.5 Å². The van der Waals surface area contributed by atoms with E-state index in [0.29, 0.717) is 35.1 Å². The Kier molecular flexibility index (Phi) is 5.93. The van der Waals surface area contributed by atoms with E-state index in [1.807, 2.05) is 12.3 Å². The zero-order chi connectivity index (χ0) is 19.2. The fourth-order valence-electron chi connectivity index (χ4n) is 2.41. The van der Waals surface area contributed by atoms with Crippen molar-refractivity contribution in [2.24, 2.45) is 0 Å². The Morgan fingerprint density at radius 1 is 1.07 bits per heavy atom. The number of hydrogen-bond acceptors (Lipinski definition) is 6. The molecule has 0 saturated heterocycles. The number of aryl methyl sites for hydroxylation is 1. The van der Waals surface area contributed by atoms with Gasteiger partial charge in [0.1, 0.15) is 28.9 Å². The molecular weight excluding hydrogens is 364 g/mol. The van der Waals surface area contributed by atoms with Gasteiger partial charge in [-0.2, -0.15) is 0 Å². The van der Waals surface area contributed by atoms with Crippen LogP contribution in [-0.4, -0.2) is 25.1 Å². The Bertz CT molecular complexity index is 922. The van der Waals surface area contributed by atoms with Crippen LogP contribution < -0.4 is 19.5 Å². The van der Waals surface area contributed by atoms with Crippen LogP contribution in [0.2, 0.25) is 0 Å². The maximum Gasteiger partial charge on any atom is 0.255 e. The van der Waals surface area contributed by atoms with Gasteiger partial charge in [-0.3, -0.25) is 4.79 Å². The smallest absolute Gasteiger partial charge is 0.255 e. The molecule has 1 amide bonds. The zero-order valence-corrected chi connectivity index (χ0v) is 16.1. The molecule has 0 aliphatic rings. The van der Waals surface area contributed by atoms with Crippen LogP contribution in [-0.2, 0) is 6.61 Å². The van der Waals surface area contributed by atoms with E-state index in [9.17, 15) is 4.79 Å². The first-order chi connectivity index (χ1) is 13.1. The summed E-state index contributed by atoms with van der Waals surface area (Å²) in [5.74, 6) is 1.63. The van der Waals surface area contributed by atoms with Gasteiger partial charge in [0.2, 0.25) is 0 Å². The molecule has 2 aromatic carbocycles. The third kappa shape index (κ3) is 4.77. The van der Waals surface area contributed by atoms with E-state index in [1.54, 1.807) is 68.0 Å². The standard InChI is InChI=1S/C20H20N2O4S/c1-13-12-27-19(21-13)11-26-15-6-4-14(5-7-15)20(23)22-17-9-8-16(24-2)10-18(17)25-3/h4-10,12H,11H2,1-3H3,(H,22,23). The van der Waals surface area contributed by atoms with Crippen molar-refractivity contribution >= 4 is 22.9 Å². The van der Waals surface area contributed by atoms with Gasteiger partial charge in [0.15, 0.2) is 0 Å². The third-order valence-corrected chi connectivity index (χ3v) is 4.74. The Morgan fingerprint density at radius 2 is 1.81 bits per heavy atom. The lowest BCUT2D eigenvalue weighted by Gasteiger charge is -2.12. The largest absolute Gasteiger partial charge is 0.497 e. The number of benzene rings is 2. The number of anilines is 1. The Balaban J connectivity index is 1.63. The molecule has 6 nitrogen and oxygen atoms in total. The number of hydrogen-bond donors (Lipinski definition) is 1. The van der Waals surface area contributed by atoms with Crippen LogP contribution in [0.5, 0.6) is 17.2 Å². The number of carbonyl (C=O) groups excluding carboxylic acids is 1. The van der Waals surface area contributed by atoms with Crippen molar-refractivity contribution in [1.29, 1.82) is 0 Å². The van der Waals surface area contributed by atoms with Crippen LogP contribution in [0.1, 0.15) is 21.1 Å². The summed E-state index contributed by atoms with van der Waals surface area (Å²) in [6, 6.07) is 12.2. The molecule has 7 heteroatoms. The Hall–Kier alpha value is -3.06. The Morgan fingerprint density at radius 3 is 2.44 bits per heavy atom. The second-order valence-corrected chi connectivity index (χ2v) is 6.66. The summed E-state index contributed by atoms with van der Waals surface area (Å²) >= 11 is 1.56. The molecular formula is C20H20N2O4S. The number of rotatable bonds is 7. The summed E-state index contributed by atoms with van der Waals surface area (Å²) in [6.45, 7) is 2.36. The summed E-state index contributed by atoms with van der Waals surface area (Å²) < 4.78 is 16.2. The van der Waals surface area contributed by atoms with Gasteiger partial charge in [-0.1, -0.05) is 0 Å². The highest BCUT2D eigenvalue weighted by Crippen LogP contribution is 2.29. The van der Waals surface area contributed by atoms with Gasteiger partial charge in [-0.05, 0) is 43.3 Å². The van der Waals surface area contributed by atoms with Crippen LogP contribution in [0.25, 0.3) is 0 Å². The van der Waals surface area contributed by atoms with E-state index in [0.717, 1.165) is 10.7 Å². The molecule has 1 N–H and O–H groups in total. The van der Waals surface area contributed by atoms with Crippen molar-refractivity contribution in [2.45, 2.75) is 13.5 Å². The second-order valence-electron chi connectivity index (χ2n) is 5.72. The number of nitrogens with zero attached hydrogens (tertiary/aromatic N) is 1. The molecule has 0 aliphatic heterocycles. The number of ether oxygens (including phenoxy) is 3. The van der Waals surface area contributed by atoms with Crippen molar-refractivity contribution in [3.8, 4) is 17.2 Å². The molecule has 0 aliphatic carbocycles. The van der Waals surface area contributed by atoms with Crippen molar-refractivity contribution in [3.63, 3.8) is 0 Å². The predicted molar refractivity (Wildman–Crippen MR) is 105 cm³/mol. The molecule has 140 valence electrons. The minimum Gasteiger partial charge on any atom is -0.497 e. The summed E-state index contributed by atoms with van der Waals surface area (Å²) in [5.41, 5.74) is 2.08. The second kappa shape index (κ2) is 8.55. The third-order valence-electron chi connectivity index (χ3n) is 3.80. The van der Waals surface area contributed by atoms with Crippen molar-refractivity contribution in [3.05, 3.63) is 64.1 Å². The monoisotopic (exact) mass is 384 g/mol. The molecule has 0 saturated carbocycles. The van der Waals surface area contributed by atoms with E-state index in [1.165, 1.54) is 0 Å². The van der Waals surface area contributed by atoms with Gasteiger partial charge in [0.25, 0.3) is 5.91 Å². The lowest BCUT2D eigenvalue weighted by Crippen LogP contribution is -2.12. The average molecular weight is 384 g/mol. The van der Waals surface area contributed by atoms with Crippen LogP contribution in [0.15, 0.2) is 47.8 Å². The van der Waals surface area contributed by atoms with Gasteiger partial charge < -0.3 is 19.5 Å². The minimum atomic E-state index is -0.236. The van der Waals surface area contributed by atoms with Gasteiger partial charge in [0, 0.05) is 22.7 Å². The van der Waals surface area contributed by atoms with Crippen molar-refractivity contribution in [1.82, 2.24) is 4.98 Å². The fraction of sp³-hybridized carbons (Fsp3) is 0.200. The number of carbonyl (C=O) groups is 1. The molecule has 3 rings (SSSR count). The first-order valence-electron chi connectivity index (χ1n) is 8.26. The highest BCUT2D eigenvalue weighted by atomic mass is 32.1. The molecule has 0 fully saturated rings. The molecule has 0 radical (unpaired) electrons. The summed E-state index contributed by atoms with van der Waals surface area (Å²) in [6.07, 6.45) is 0. The molecule has 3 aromatic rings. The molecule has 1 aromatic heterocycles. The van der Waals surface area contributed by atoms with Gasteiger partial charge in [-0.15, -0.1) is 11.3 Å². The number of aromatic nitrogens is 1. The van der Waals surface area contributed by atoms with E-state index < -0.39 is 0 Å². The quantitative estimate of drug-likeness (QED) is 0.658. The average Bonchev–Trinajstić information content (AvgIpc) is 3.12. The van der Waals surface area contributed by atoms with E-state index in [2.05, 4.69) is 10.3 Å². The van der Waals surface area contributed by atoms with Gasteiger partial charge in [0.05, 0.1) is 19.9 Å². The lowest BCUT2D eigenvalue weighted by molar-refractivity contribution is 0.102. The van der Waals surface area contributed by atoms with E-state index in [4.69, 9.17) is 14.2 Å². The SMILES string of the molecule is COc1ccc(NC(=O)c2ccc(OCc3nc(C)cs3)cc2)c(OC)c1. The number of amides is 1. The van der Waals surface area contributed by atoms with Gasteiger partial charge in [-0.25, -0.2) is 4.98 Å². The number of nitrogens with one attached hydrogen (secondary N) is 1. The maximum atomic E-state index is 12.5. The normalized spacial score (nSPS) is 10.3. The lowest BCUT2D eigenvalue weighted by atomic mass is 10.2. The van der Waals surface area contributed by atoms with Crippen molar-refractivity contribution < 1.29 is 19.0 Å². The van der Waals surface area contributed by atoms with Gasteiger partial charge >= 0.3 is 0 Å². The highest BCUT2D eigenvalue weighted by molar-refractivity contribution is 7.09. The summed E-state index contributed by atoms with van der Waals surface area (Å²) in [5, 5.41) is 5.74. The zero-order valence-electron chi connectivity index (χ0n) is 15.3. The fourth-order valence-corrected chi connectivity index (χ4v) is 3.10. The first-order valence-corrected chi connectivity index (χ1v) is 9.14. The topological polar surface area (TPSA) is 69.7 Å². The molecule has 0 unspecified atom stereocenters. The molecule has 0 bridgehead atoms. The molecule has 0 spiro atoms. The van der Waals surface area contributed by atoms with Crippen LogP contribution in [0.4, 0.5) is 5.69 Å². The first kappa shape index (κ1) is 18.7. The maximum absolute atomic E-state index is 12.5. The Labute approximate surface area is 161 Å². The molecule has 0 atom stereocenters. The highest BCUT2D eigenvalue weighted by Gasteiger charge is 2.11. The summed E-state index contributed by atoms with van der Waals surface area (Å²) in [4.78, 5) is 16.8. The number of methoxy groups -OCH3 is 2. The minimum absolute atomic E-state index is 0.236. The molecule has 27 heavy (non-hydrogen) atoms. The predicted octanol–water partition coefficient (Wildman–Crippen LogP) is 4.30.